The number of rotatable bonds is 3. The van der Waals surface area contributed by atoms with Crippen LogP contribution in [0.25, 0.3) is 0 Å². The van der Waals surface area contributed by atoms with Gasteiger partial charge < -0.3 is 5.11 Å². The zero-order chi connectivity index (χ0) is 15.7. The molecule has 5 heteroatoms. The molecule has 0 radical (unpaired) electrons. The zero-order valence-electron chi connectivity index (χ0n) is 12.9. The highest BCUT2D eigenvalue weighted by atomic mass is 35.5. The number of carbonyl (C=O) groups is 1. The van der Waals surface area contributed by atoms with Crippen LogP contribution in [-0.2, 0) is 11.2 Å². The highest BCUT2D eigenvalue weighted by molar-refractivity contribution is 6.29. The fraction of sp³-hybridized carbons (Fsp3) is 0.688. The van der Waals surface area contributed by atoms with E-state index >= 15 is 0 Å². The highest BCUT2D eigenvalue weighted by Crippen LogP contribution is 2.46. The van der Waals surface area contributed by atoms with Gasteiger partial charge in [0, 0.05) is 6.42 Å². The lowest BCUT2D eigenvalue weighted by Gasteiger charge is -2.41. The Balaban J connectivity index is 2.13. The van der Waals surface area contributed by atoms with Crippen LogP contribution in [0.1, 0.15) is 52.1 Å². The molecule has 1 aliphatic carbocycles. The summed E-state index contributed by atoms with van der Waals surface area (Å²) >= 11 is 5.73. The second kappa shape index (κ2) is 5.91. The summed E-state index contributed by atoms with van der Waals surface area (Å²) in [5, 5.41) is 10.1. The fourth-order valence-corrected chi connectivity index (χ4v) is 3.38. The van der Waals surface area contributed by atoms with Crippen molar-refractivity contribution in [1.82, 2.24) is 9.97 Å². The fourth-order valence-electron chi connectivity index (χ4n) is 3.28. The molecule has 0 atom stereocenters. The molecule has 21 heavy (non-hydrogen) atoms. The van der Waals surface area contributed by atoms with E-state index in [1.165, 1.54) is 6.20 Å². The third-order valence-electron chi connectivity index (χ3n) is 4.81. The molecule has 1 N–H and O–H groups in total. The number of carboxylic acid groups (broad SMARTS) is 1. The zero-order valence-corrected chi connectivity index (χ0v) is 13.7. The predicted molar refractivity (Wildman–Crippen MR) is 82.2 cm³/mol. The van der Waals surface area contributed by atoms with Gasteiger partial charge in [0.15, 0.2) is 0 Å². The van der Waals surface area contributed by atoms with Crippen molar-refractivity contribution < 1.29 is 9.90 Å². The molecule has 2 rings (SSSR count). The lowest BCUT2D eigenvalue weighted by atomic mass is 9.62. The largest absolute Gasteiger partial charge is 0.481 e. The van der Waals surface area contributed by atoms with Crippen molar-refractivity contribution in [2.24, 2.45) is 16.7 Å². The molecule has 1 saturated carbocycles. The van der Waals surface area contributed by atoms with Gasteiger partial charge in [-0.25, -0.2) is 4.98 Å². The lowest BCUT2D eigenvalue weighted by Crippen LogP contribution is -2.40. The van der Waals surface area contributed by atoms with Crippen LogP contribution in [0.15, 0.2) is 12.4 Å². The summed E-state index contributed by atoms with van der Waals surface area (Å²) in [6.07, 6.45) is 6.82. The summed E-state index contributed by atoms with van der Waals surface area (Å²) in [6, 6.07) is 0. The van der Waals surface area contributed by atoms with Crippen molar-refractivity contribution >= 4 is 17.6 Å². The van der Waals surface area contributed by atoms with Crippen LogP contribution in [-0.4, -0.2) is 21.0 Å². The monoisotopic (exact) mass is 310 g/mol. The summed E-state index contributed by atoms with van der Waals surface area (Å²) in [7, 11) is 0. The average Bonchev–Trinajstić information content (AvgIpc) is 2.41. The van der Waals surface area contributed by atoms with Crippen LogP contribution in [0.4, 0.5) is 0 Å². The van der Waals surface area contributed by atoms with Crippen LogP contribution in [0.2, 0.25) is 5.15 Å². The second-order valence-corrected chi connectivity index (χ2v) is 7.62. The topological polar surface area (TPSA) is 63.1 Å². The Kier molecular flexibility index (Phi) is 4.57. The third-order valence-corrected chi connectivity index (χ3v) is 5.01. The van der Waals surface area contributed by atoms with Gasteiger partial charge in [-0.3, -0.25) is 9.78 Å². The molecule has 0 amide bonds. The number of carboxylic acids is 1. The summed E-state index contributed by atoms with van der Waals surface area (Å²) in [5.74, 6) is -0.132. The van der Waals surface area contributed by atoms with Crippen molar-refractivity contribution in [3.8, 4) is 0 Å². The molecular formula is C16H23ClN2O2. The van der Waals surface area contributed by atoms with Gasteiger partial charge in [-0.05, 0) is 37.0 Å². The van der Waals surface area contributed by atoms with Crippen LogP contribution < -0.4 is 0 Å². The summed E-state index contributed by atoms with van der Waals surface area (Å²) in [4.78, 5) is 20.0. The van der Waals surface area contributed by atoms with Crippen LogP contribution in [0, 0.1) is 16.7 Å². The van der Waals surface area contributed by atoms with E-state index in [4.69, 9.17) is 11.6 Å². The van der Waals surface area contributed by atoms with Gasteiger partial charge in [0.25, 0.3) is 0 Å². The Labute approximate surface area is 131 Å². The van der Waals surface area contributed by atoms with E-state index < -0.39 is 11.4 Å². The summed E-state index contributed by atoms with van der Waals surface area (Å²) in [5.41, 5.74) is 0.241. The van der Waals surface area contributed by atoms with Crippen molar-refractivity contribution in [2.75, 3.05) is 0 Å². The van der Waals surface area contributed by atoms with Crippen molar-refractivity contribution in [2.45, 2.75) is 52.9 Å². The Morgan fingerprint density at radius 2 is 1.95 bits per heavy atom. The maximum atomic E-state index is 11.8. The van der Waals surface area contributed by atoms with Crippen molar-refractivity contribution in [3.63, 3.8) is 0 Å². The molecule has 116 valence electrons. The summed E-state index contributed by atoms with van der Waals surface area (Å²) < 4.78 is 0. The van der Waals surface area contributed by atoms with E-state index in [9.17, 15) is 9.90 Å². The minimum atomic E-state index is -0.716. The summed E-state index contributed by atoms with van der Waals surface area (Å²) in [6.45, 7) is 6.70. The Bertz CT molecular complexity index is 500. The minimum Gasteiger partial charge on any atom is -0.481 e. The van der Waals surface area contributed by atoms with Gasteiger partial charge in [-0.15, -0.1) is 0 Å². The number of aromatic nitrogens is 2. The molecule has 1 aliphatic rings. The standard InChI is InChI=1S/C16H23ClN2O2/c1-15(2,3)11-4-6-16(7-5-11,14(20)21)8-12-9-19-13(17)10-18-12/h9-11H,4-8H2,1-3H3,(H,20,21). The quantitative estimate of drug-likeness (QED) is 0.917. The van der Waals surface area contributed by atoms with Gasteiger partial charge >= 0.3 is 5.97 Å². The van der Waals surface area contributed by atoms with Crippen LogP contribution in [0.5, 0.6) is 0 Å². The number of nitrogens with zero attached hydrogens (tertiary/aromatic N) is 2. The second-order valence-electron chi connectivity index (χ2n) is 7.23. The molecular weight excluding hydrogens is 288 g/mol. The predicted octanol–water partition coefficient (Wildman–Crippen LogP) is 3.98. The van der Waals surface area contributed by atoms with E-state index in [1.54, 1.807) is 6.20 Å². The van der Waals surface area contributed by atoms with E-state index in [2.05, 4.69) is 30.7 Å². The van der Waals surface area contributed by atoms with Crippen molar-refractivity contribution in [3.05, 3.63) is 23.2 Å². The van der Waals surface area contributed by atoms with Gasteiger partial charge in [-0.2, -0.15) is 0 Å². The first kappa shape index (κ1) is 16.2. The average molecular weight is 311 g/mol. The molecule has 0 spiro atoms. The molecule has 1 aromatic rings. The van der Waals surface area contributed by atoms with Crippen LogP contribution in [0.3, 0.4) is 0 Å². The first-order valence-corrected chi connectivity index (χ1v) is 7.81. The van der Waals surface area contributed by atoms with Gasteiger partial charge in [0.2, 0.25) is 0 Å². The van der Waals surface area contributed by atoms with E-state index in [1.807, 2.05) is 0 Å². The minimum absolute atomic E-state index is 0.241. The number of hydrogen-bond acceptors (Lipinski definition) is 3. The molecule has 1 heterocycles. The molecule has 1 fully saturated rings. The Morgan fingerprint density at radius 3 is 2.38 bits per heavy atom. The maximum Gasteiger partial charge on any atom is 0.310 e. The number of aliphatic carboxylic acids is 1. The Morgan fingerprint density at radius 1 is 1.33 bits per heavy atom. The van der Waals surface area contributed by atoms with Gasteiger partial charge in [-0.1, -0.05) is 32.4 Å². The number of hydrogen-bond donors (Lipinski definition) is 1. The molecule has 0 unspecified atom stereocenters. The molecule has 1 aromatic heterocycles. The molecule has 0 bridgehead atoms. The third kappa shape index (κ3) is 3.73. The molecule has 0 aromatic carbocycles. The van der Waals surface area contributed by atoms with E-state index in [-0.39, 0.29) is 5.41 Å². The van der Waals surface area contributed by atoms with Gasteiger partial charge in [0.05, 0.1) is 23.5 Å². The molecule has 0 aliphatic heterocycles. The van der Waals surface area contributed by atoms with Crippen LogP contribution >= 0.6 is 11.6 Å². The lowest BCUT2D eigenvalue weighted by molar-refractivity contribution is -0.152. The number of halogens is 1. The van der Waals surface area contributed by atoms with E-state index in [0.717, 1.165) is 12.8 Å². The SMILES string of the molecule is CC(C)(C)C1CCC(Cc2cnc(Cl)cn2)(C(=O)O)CC1. The normalized spacial score (nSPS) is 26.6. The first-order valence-electron chi connectivity index (χ1n) is 7.43. The maximum absolute atomic E-state index is 11.8. The smallest absolute Gasteiger partial charge is 0.310 e. The van der Waals surface area contributed by atoms with Gasteiger partial charge in [0.1, 0.15) is 5.15 Å². The van der Waals surface area contributed by atoms with E-state index in [0.29, 0.717) is 36.0 Å². The molecule has 0 saturated heterocycles. The highest BCUT2D eigenvalue weighted by Gasteiger charge is 2.44. The Hall–Kier alpha value is -1.16. The first-order chi connectivity index (χ1) is 9.73. The van der Waals surface area contributed by atoms with Crippen molar-refractivity contribution in [1.29, 1.82) is 0 Å². The molecule has 4 nitrogen and oxygen atoms in total.